The Hall–Kier alpha value is -3.13. The van der Waals surface area contributed by atoms with Crippen molar-refractivity contribution in [3.05, 3.63) is 78.4 Å². The number of aromatic nitrogens is 3. The molecule has 1 fully saturated rings. The number of nitrogens with one attached hydrogen (secondary N) is 1. The Labute approximate surface area is 173 Å². The van der Waals surface area contributed by atoms with E-state index >= 15 is 0 Å². The summed E-state index contributed by atoms with van der Waals surface area (Å²) in [5, 5.41) is 7.16. The number of benzene rings is 2. The van der Waals surface area contributed by atoms with Crippen molar-refractivity contribution in [2.24, 2.45) is 0 Å². The van der Waals surface area contributed by atoms with Crippen LogP contribution in [0.15, 0.2) is 67.3 Å². The van der Waals surface area contributed by atoms with E-state index in [1.165, 1.54) is 6.33 Å². The Kier molecular flexibility index (Phi) is 5.62. The van der Waals surface area contributed by atoms with Gasteiger partial charge in [0, 0.05) is 11.3 Å². The molecule has 1 aliphatic heterocycles. The highest BCUT2D eigenvalue weighted by molar-refractivity contribution is 7.99. The topological polar surface area (TPSA) is 80.1 Å². The monoisotopic (exact) mass is 407 g/mol. The van der Waals surface area contributed by atoms with Crippen LogP contribution in [-0.2, 0) is 4.79 Å². The van der Waals surface area contributed by atoms with E-state index in [2.05, 4.69) is 15.4 Å². The maximum atomic E-state index is 12.9. The van der Waals surface area contributed by atoms with E-state index in [0.717, 1.165) is 11.3 Å². The maximum absolute atomic E-state index is 12.9. The zero-order valence-corrected chi connectivity index (χ0v) is 16.7. The van der Waals surface area contributed by atoms with Gasteiger partial charge >= 0.3 is 0 Å². The number of nitrogens with zero attached hydrogens (tertiary/aromatic N) is 4. The molecular weight excluding hydrogens is 386 g/mol. The van der Waals surface area contributed by atoms with E-state index in [4.69, 9.17) is 0 Å². The second-order valence-electron chi connectivity index (χ2n) is 6.82. The molecule has 148 valence electrons. The van der Waals surface area contributed by atoms with Crippen LogP contribution in [0.25, 0.3) is 5.69 Å². The SMILES string of the molecule is CC(NC(=O)[C@@H]1CSCN1C(=O)c1ccccc1)c1ccc(-n2cncn2)cc1. The first-order chi connectivity index (χ1) is 14.1. The largest absolute Gasteiger partial charge is 0.348 e. The fourth-order valence-corrected chi connectivity index (χ4v) is 4.41. The fourth-order valence-electron chi connectivity index (χ4n) is 3.26. The van der Waals surface area contributed by atoms with Crippen molar-refractivity contribution in [3.63, 3.8) is 0 Å². The van der Waals surface area contributed by atoms with E-state index in [1.54, 1.807) is 39.8 Å². The summed E-state index contributed by atoms with van der Waals surface area (Å²) in [5.41, 5.74) is 2.48. The molecule has 1 N–H and O–H groups in total. The Morgan fingerprint density at radius 2 is 1.90 bits per heavy atom. The van der Waals surface area contributed by atoms with Gasteiger partial charge in [0.2, 0.25) is 5.91 Å². The van der Waals surface area contributed by atoms with Crippen LogP contribution in [0.4, 0.5) is 0 Å². The molecule has 0 saturated carbocycles. The highest BCUT2D eigenvalue weighted by Crippen LogP contribution is 2.24. The summed E-state index contributed by atoms with van der Waals surface area (Å²) in [6.07, 6.45) is 3.12. The lowest BCUT2D eigenvalue weighted by molar-refractivity contribution is -0.125. The van der Waals surface area contributed by atoms with E-state index in [0.29, 0.717) is 17.2 Å². The minimum absolute atomic E-state index is 0.111. The minimum Gasteiger partial charge on any atom is -0.348 e. The first kappa shape index (κ1) is 19.2. The first-order valence-electron chi connectivity index (χ1n) is 9.32. The highest BCUT2D eigenvalue weighted by Gasteiger charge is 2.35. The van der Waals surface area contributed by atoms with Gasteiger partial charge in [-0.05, 0) is 36.8 Å². The molecule has 8 heteroatoms. The molecule has 0 spiro atoms. The number of thioether (sulfide) groups is 1. The second-order valence-corrected chi connectivity index (χ2v) is 7.82. The molecule has 1 saturated heterocycles. The maximum Gasteiger partial charge on any atom is 0.255 e. The molecule has 0 aliphatic carbocycles. The zero-order chi connectivity index (χ0) is 20.2. The fraction of sp³-hybridized carbons (Fsp3) is 0.238. The van der Waals surface area contributed by atoms with E-state index in [1.807, 2.05) is 49.4 Å². The van der Waals surface area contributed by atoms with Gasteiger partial charge in [0.15, 0.2) is 0 Å². The minimum atomic E-state index is -0.468. The van der Waals surface area contributed by atoms with Gasteiger partial charge in [0.05, 0.1) is 17.6 Å². The number of rotatable bonds is 5. The number of amides is 2. The van der Waals surface area contributed by atoms with Crippen LogP contribution in [0.5, 0.6) is 0 Å². The third kappa shape index (κ3) is 4.17. The number of hydrogen-bond donors (Lipinski definition) is 1. The van der Waals surface area contributed by atoms with Gasteiger partial charge in [-0.15, -0.1) is 11.8 Å². The predicted molar refractivity (Wildman–Crippen MR) is 112 cm³/mol. The Morgan fingerprint density at radius 3 is 2.59 bits per heavy atom. The Morgan fingerprint density at radius 1 is 1.14 bits per heavy atom. The van der Waals surface area contributed by atoms with Gasteiger partial charge in [-0.3, -0.25) is 9.59 Å². The van der Waals surface area contributed by atoms with Crippen LogP contribution >= 0.6 is 11.8 Å². The van der Waals surface area contributed by atoms with Crippen LogP contribution in [0.2, 0.25) is 0 Å². The average Bonchev–Trinajstić information content (AvgIpc) is 3.46. The molecule has 0 radical (unpaired) electrons. The van der Waals surface area contributed by atoms with Crippen molar-refractivity contribution in [1.29, 1.82) is 0 Å². The highest BCUT2D eigenvalue weighted by atomic mass is 32.2. The third-order valence-electron chi connectivity index (χ3n) is 4.90. The smallest absolute Gasteiger partial charge is 0.255 e. The van der Waals surface area contributed by atoms with Gasteiger partial charge in [0.1, 0.15) is 18.7 Å². The van der Waals surface area contributed by atoms with Crippen LogP contribution in [0, 0.1) is 0 Å². The molecule has 7 nitrogen and oxygen atoms in total. The molecule has 1 aromatic heterocycles. The van der Waals surface area contributed by atoms with Crippen molar-refractivity contribution in [2.45, 2.75) is 19.0 Å². The predicted octanol–water partition coefficient (Wildman–Crippen LogP) is 2.66. The molecular formula is C21H21N5O2S. The summed E-state index contributed by atoms with van der Waals surface area (Å²) in [7, 11) is 0. The molecule has 1 aliphatic rings. The molecule has 29 heavy (non-hydrogen) atoms. The summed E-state index contributed by atoms with van der Waals surface area (Å²) in [6.45, 7) is 1.94. The lowest BCUT2D eigenvalue weighted by Gasteiger charge is -2.25. The molecule has 2 amide bonds. The average molecular weight is 407 g/mol. The normalized spacial score (nSPS) is 17.1. The van der Waals surface area contributed by atoms with Crippen molar-refractivity contribution in [2.75, 3.05) is 11.6 Å². The molecule has 4 rings (SSSR count). The molecule has 1 unspecified atom stereocenters. The van der Waals surface area contributed by atoms with E-state index in [-0.39, 0.29) is 17.9 Å². The molecule has 2 atom stereocenters. The summed E-state index contributed by atoms with van der Waals surface area (Å²) in [6, 6.07) is 16.2. The molecule has 2 aromatic carbocycles. The lowest BCUT2D eigenvalue weighted by Crippen LogP contribution is -2.47. The summed E-state index contributed by atoms with van der Waals surface area (Å²) >= 11 is 1.59. The van der Waals surface area contributed by atoms with Crippen molar-refractivity contribution in [1.82, 2.24) is 25.0 Å². The second kappa shape index (κ2) is 8.48. The molecule has 3 aromatic rings. The van der Waals surface area contributed by atoms with Crippen LogP contribution in [0.1, 0.15) is 28.9 Å². The quantitative estimate of drug-likeness (QED) is 0.703. The standard InChI is InChI=1S/C21H21N5O2S/c1-15(16-7-9-18(10-8-16)26-13-22-12-23-26)24-20(27)19-11-29-14-25(19)21(28)17-5-3-2-4-6-17/h2-10,12-13,15,19H,11,14H2,1H3,(H,24,27)/t15?,19-/m0/s1. The lowest BCUT2D eigenvalue weighted by atomic mass is 10.1. The van der Waals surface area contributed by atoms with Gasteiger partial charge < -0.3 is 10.2 Å². The Bertz CT molecular complexity index is 976. The summed E-state index contributed by atoms with van der Waals surface area (Å²) < 4.78 is 1.68. The van der Waals surface area contributed by atoms with E-state index in [9.17, 15) is 9.59 Å². The zero-order valence-electron chi connectivity index (χ0n) is 15.9. The van der Waals surface area contributed by atoms with Gasteiger partial charge in [-0.2, -0.15) is 5.10 Å². The van der Waals surface area contributed by atoms with Crippen LogP contribution < -0.4 is 5.32 Å². The van der Waals surface area contributed by atoms with Crippen LogP contribution in [-0.4, -0.2) is 49.2 Å². The number of hydrogen-bond acceptors (Lipinski definition) is 5. The number of carbonyl (C=O) groups excluding carboxylic acids is 2. The van der Waals surface area contributed by atoms with Crippen molar-refractivity contribution < 1.29 is 9.59 Å². The van der Waals surface area contributed by atoms with Gasteiger partial charge in [-0.25, -0.2) is 9.67 Å². The Balaban J connectivity index is 1.42. The van der Waals surface area contributed by atoms with Crippen molar-refractivity contribution in [3.8, 4) is 5.69 Å². The van der Waals surface area contributed by atoms with Gasteiger partial charge in [0.25, 0.3) is 5.91 Å². The summed E-state index contributed by atoms with van der Waals surface area (Å²) in [4.78, 5) is 31.3. The summed E-state index contributed by atoms with van der Waals surface area (Å²) in [5.74, 6) is 0.877. The van der Waals surface area contributed by atoms with Crippen molar-refractivity contribution >= 4 is 23.6 Å². The molecule has 0 bridgehead atoms. The van der Waals surface area contributed by atoms with Crippen LogP contribution in [0.3, 0.4) is 0 Å². The van der Waals surface area contributed by atoms with E-state index < -0.39 is 6.04 Å². The third-order valence-corrected chi connectivity index (χ3v) is 5.91. The van der Waals surface area contributed by atoms with Gasteiger partial charge in [-0.1, -0.05) is 30.3 Å². The number of carbonyl (C=O) groups is 2. The first-order valence-corrected chi connectivity index (χ1v) is 10.5. The molecule has 2 heterocycles.